The van der Waals surface area contributed by atoms with E-state index in [1.54, 1.807) is 19.1 Å². The lowest BCUT2D eigenvalue weighted by Gasteiger charge is -2.08. The highest BCUT2D eigenvalue weighted by Crippen LogP contribution is 2.31. The number of nitrogens with zero attached hydrogens (tertiary/aromatic N) is 2. The lowest BCUT2D eigenvalue weighted by molar-refractivity contribution is 0.102. The molecule has 9 heteroatoms. The molecule has 0 saturated carbocycles. The number of hydrogen-bond donors (Lipinski definition) is 1. The van der Waals surface area contributed by atoms with Gasteiger partial charge in [0.25, 0.3) is 0 Å². The molecule has 2 N–H and O–H groups in total. The van der Waals surface area contributed by atoms with Gasteiger partial charge < -0.3 is 10.5 Å². The molecule has 138 valence electrons. The van der Waals surface area contributed by atoms with Crippen LogP contribution in [0.25, 0.3) is 10.9 Å². The number of benzene rings is 1. The molecule has 0 unspecified atom stereocenters. The number of carbonyl (C=O) groups excluding carboxylic acids is 1. The van der Waals surface area contributed by atoms with E-state index in [2.05, 4.69) is 9.97 Å². The molecule has 0 amide bonds. The summed E-state index contributed by atoms with van der Waals surface area (Å²) in [6, 6.07) is 6.54. The molecule has 1 aromatic carbocycles. The van der Waals surface area contributed by atoms with Crippen molar-refractivity contribution in [3.63, 3.8) is 0 Å². The normalized spacial score (nSPS) is 10.6. The Morgan fingerprint density at radius 1 is 1.35 bits per heavy atom. The van der Waals surface area contributed by atoms with Gasteiger partial charge in [-0.05, 0) is 25.1 Å². The summed E-state index contributed by atoms with van der Waals surface area (Å²) in [5.74, 6) is 0.407. The summed E-state index contributed by atoms with van der Waals surface area (Å²) < 4.78 is 18.9. The van der Waals surface area contributed by atoms with Crippen LogP contribution in [-0.2, 0) is 6.54 Å². The lowest BCUT2D eigenvalue weighted by Crippen LogP contribution is -2.02. The van der Waals surface area contributed by atoms with E-state index in [9.17, 15) is 9.18 Å². The number of halogens is 2. The number of aromatic nitrogens is 2. The third kappa shape index (κ3) is 4.32. The quantitative estimate of drug-likeness (QED) is 0.374. The van der Waals surface area contributed by atoms with E-state index in [-0.39, 0.29) is 29.7 Å². The average Bonchev–Trinajstić information content (AvgIpc) is 3.08. The van der Waals surface area contributed by atoms with Gasteiger partial charge in [-0.2, -0.15) is 0 Å². The van der Waals surface area contributed by atoms with Gasteiger partial charge in [-0.3, -0.25) is 4.79 Å². The van der Waals surface area contributed by atoms with Crippen LogP contribution in [-0.4, -0.2) is 28.6 Å². The number of thiophene rings is 1. The van der Waals surface area contributed by atoms with Gasteiger partial charge in [0, 0.05) is 22.9 Å². The van der Waals surface area contributed by atoms with Crippen LogP contribution in [0.15, 0.2) is 29.3 Å². The second-order valence-corrected chi connectivity index (χ2v) is 7.39. The molecule has 5 nitrogen and oxygen atoms in total. The summed E-state index contributed by atoms with van der Waals surface area (Å²) in [5.41, 5.74) is 6.07. The highest BCUT2D eigenvalue weighted by atomic mass is 35.5. The molecule has 0 fully saturated rings. The Bertz CT molecular complexity index is 949. The van der Waals surface area contributed by atoms with Crippen LogP contribution in [0.1, 0.15) is 20.4 Å². The van der Waals surface area contributed by atoms with E-state index in [4.69, 9.17) is 10.5 Å². The SMILES string of the molecule is COc1cc2c(SCC(=O)c3ccc(CN)s3)nc(C)nc2cc1F.Cl. The van der Waals surface area contributed by atoms with Crippen LogP contribution in [0.2, 0.25) is 0 Å². The Morgan fingerprint density at radius 2 is 2.12 bits per heavy atom. The molecule has 0 radical (unpaired) electrons. The molecule has 0 saturated heterocycles. The zero-order chi connectivity index (χ0) is 18.0. The molecular weight excluding hydrogens is 397 g/mol. The number of thioether (sulfide) groups is 1. The largest absolute Gasteiger partial charge is 0.494 e. The molecule has 0 aliphatic rings. The topological polar surface area (TPSA) is 78.1 Å². The second kappa shape index (κ2) is 8.77. The Hall–Kier alpha value is -1.74. The van der Waals surface area contributed by atoms with Crippen molar-refractivity contribution in [3.05, 3.63) is 45.7 Å². The number of nitrogens with two attached hydrogens (primary N) is 1. The van der Waals surface area contributed by atoms with Gasteiger partial charge in [0.1, 0.15) is 10.9 Å². The smallest absolute Gasteiger partial charge is 0.183 e. The van der Waals surface area contributed by atoms with E-state index in [1.807, 2.05) is 6.07 Å². The van der Waals surface area contributed by atoms with Gasteiger partial charge in [-0.1, -0.05) is 11.8 Å². The Balaban J connectivity index is 0.00000243. The minimum atomic E-state index is -0.479. The van der Waals surface area contributed by atoms with Crippen LogP contribution in [0.5, 0.6) is 5.75 Å². The van der Waals surface area contributed by atoms with Crippen molar-refractivity contribution in [3.8, 4) is 5.75 Å². The highest BCUT2D eigenvalue weighted by Gasteiger charge is 2.15. The molecule has 0 atom stereocenters. The number of fused-ring (bicyclic) bond motifs is 1. The van der Waals surface area contributed by atoms with Crippen molar-refractivity contribution in [2.45, 2.75) is 18.5 Å². The molecule has 0 spiro atoms. The van der Waals surface area contributed by atoms with Gasteiger partial charge in [0.15, 0.2) is 17.3 Å². The highest BCUT2D eigenvalue weighted by molar-refractivity contribution is 8.00. The van der Waals surface area contributed by atoms with E-state index >= 15 is 0 Å². The van der Waals surface area contributed by atoms with Crippen LogP contribution >= 0.6 is 35.5 Å². The van der Waals surface area contributed by atoms with Gasteiger partial charge >= 0.3 is 0 Å². The molecule has 0 aliphatic carbocycles. The van der Waals surface area contributed by atoms with E-state index in [0.29, 0.717) is 33.2 Å². The number of carbonyl (C=O) groups is 1. The predicted octanol–water partition coefficient (Wildman–Crippen LogP) is 4.00. The van der Waals surface area contributed by atoms with Crippen LogP contribution in [0.4, 0.5) is 4.39 Å². The first kappa shape index (κ1) is 20.6. The summed E-state index contributed by atoms with van der Waals surface area (Å²) in [7, 11) is 1.40. The number of ether oxygens (including phenoxy) is 1. The predicted molar refractivity (Wildman–Crippen MR) is 105 cm³/mol. The zero-order valence-electron chi connectivity index (χ0n) is 14.1. The van der Waals surface area contributed by atoms with Gasteiger partial charge in [-0.15, -0.1) is 23.7 Å². The summed E-state index contributed by atoms with van der Waals surface area (Å²) in [4.78, 5) is 22.7. The summed E-state index contributed by atoms with van der Waals surface area (Å²) >= 11 is 2.71. The first-order valence-electron chi connectivity index (χ1n) is 7.48. The summed E-state index contributed by atoms with van der Waals surface area (Å²) in [6.07, 6.45) is 0. The number of Topliss-reactive ketones (excluding diaryl/α,β-unsaturated/α-hetero) is 1. The van der Waals surface area contributed by atoms with Crippen molar-refractivity contribution < 1.29 is 13.9 Å². The number of hydrogen-bond acceptors (Lipinski definition) is 7. The fraction of sp³-hybridized carbons (Fsp3) is 0.235. The van der Waals surface area contributed by atoms with Crippen LogP contribution < -0.4 is 10.5 Å². The van der Waals surface area contributed by atoms with Crippen molar-refractivity contribution in [1.29, 1.82) is 0 Å². The third-order valence-corrected chi connectivity index (χ3v) is 5.66. The Kier molecular flexibility index (Phi) is 6.94. The monoisotopic (exact) mass is 413 g/mol. The Labute approximate surface area is 164 Å². The van der Waals surface area contributed by atoms with E-state index in [1.165, 1.54) is 36.3 Å². The molecule has 0 bridgehead atoms. The van der Waals surface area contributed by atoms with Crippen molar-refractivity contribution in [1.82, 2.24) is 9.97 Å². The van der Waals surface area contributed by atoms with Gasteiger partial charge in [-0.25, -0.2) is 14.4 Å². The lowest BCUT2D eigenvalue weighted by atomic mass is 10.2. The minimum Gasteiger partial charge on any atom is -0.494 e. The summed E-state index contributed by atoms with van der Waals surface area (Å²) in [5, 5.41) is 1.29. The van der Waals surface area contributed by atoms with Crippen LogP contribution in [0, 0.1) is 12.7 Å². The van der Waals surface area contributed by atoms with Gasteiger partial charge in [0.05, 0.1) is 23.3 Å². The number of rotatable bonds is 6. The molecule has 26 heavy (non-hydrogen) atoms. The van der Waals surface area contributed by atoms with E-state index in [0.717, 1.165) is 4.88 Å². The summed E-state index contributed by atoms with van der Waals surface area (Å²) in [6.45, 7) is 2.16. The number of methoxy groups -OCH3 is 1. The number of aryl methyl sites for hydroxylation is 1. The molecular formula is C17H17ClFN3O2S2. The van der Waals surface area contributed by atoms with Crippen molar-refractivity contribution in [2.24, 2.45) is 5.73 Å². The van der Waals surface area contributed by atoms with Crippen LogP contribution in [0.3, 0.4) is 0 Å². The molecule has 3 rings (SSSR count). The minimum absolute atomic E-state index is 0. The first-order chi connectivity index (χ1) is 12.0. The fourth-order valence-electron chi connectivity index (χ4n) is 2.32. The number of ketones is 1. The molecule has 3 aromatic rings. The first-order valence-corrected chi connectivity index (χ1v) is 9.28. The van der Waals surface area contributed by atoms with Crippen molar-refractivity contribution in [2.75, 3.05) is 12.9 Å². The van der Waals surface area contributed by atoms with Gasteiger partial charge in [0.2, 0.25) is 0 Å². The molecule has 2 aromatic heterocycles. The zero-order valence-corrected chi connectivity index (χ0v) is 16.6. The van der Waals surface area contributed by atoms with E-state index < -0.39 is 5.82 Å². The molecule has 0 aliphatic heterocycles. The molecule has 2 heterocycles. The Morgan fingerprint density at radius 3 is 2.77 bits per heavy atom. The second-order valence-electron chi connectivity index (χ2n) is 5.26. The maximum absolute atomic E-state index is 13.9. The maximum Gasteiger partial charge on any atom is 0.183 e. The average molecular weight is 414 g/mol. The fourth-order valence-corrected chi connectivity index (χ4v) is 4.18. The third-order valence-electron chi connectivity index (χ3n) is 3.52. The maximum atomic E-state index is 13.9. The standard InChI is InChI=1S/C17H16FN3O2S2.ClH/c1-9-20-13-6-12(18)15(23-2)5-11(13)17(21-9)24-8-14(22)16-4-3-10(7-19)25-16;/h3-6H,7-8,19H2,1-2H3;1H. The van der Waals surface area contributed by atoms with Crippen molar-refractivity contribution >= 4 is 52.2 Å².